The SMILES string of the molecule is Cc1cc(Cn2ncc3ccccc32)oc1CNC(C)C. The topological polar surface area (TPSA) is 43.0 Å². The van der Waals surface area contributed by atoms with Gasteiger partial charge in [0, 0.05) is 11.4 Å². The summed E-state index contributed by atoms with van der Waals surface area (Å²) in [5, 5.41) is 8.99. The molecule has 0 fully saturated rings. The van der Waals surface area contributed by atoms with Gasteiger partial charge in [-0.25, -0.2) is 0 Å². The molecule has 0 aliphatic heterocycles. The maximum absolute atomic E-state index is 5.96. The van der Waals surface area contributed by atoms with Crippen LogP contribution < -0.4 is 5.32 Å². The molecule has 3 aromatic rings. The summed E-state index contributed by atoms with van der Waals surface area (Å²) in [5.41, 5.74) is 2.32. The highest BCUT2D eigenvalue weighted by molar-refractivity contribution is 5.78. The van der Waals surface area contributed by atoms with E-state index in [9.17, 15) is 0 Å². The summed E-state index contributed by atoms with van der Waals surface area (Å²) >= 11 is 0. The Labute approximate surface area is 124 Å². The first-order valence-corrected chi connectivity index (χ1v) is 7.35. The number of para-hydroxylation sites is 1. The van der Waals surface area contributed by atoms with Crippen LogP contribution in [0.5, 0.6) is 0 Å². The van der Waals surface area contributed by atoms with Crippen LogP contribution in [-0.2, 0) is 13.1 Å². The van der Waals surface area contributed by atoms with Gasteiger partial charge < -0.3 is 9.73 Å². The van der Waals surface area contributed by atoms with E-state index < -0.39 is 0 Å². The summed E-state index contributed by atoms with van der Waals surface area (Å²) < 4.78 is 7.94. The van der Waals surface area contributed by atoms with E-state index in [1.54, 1.807) is 0 Å². The molecule has 1 N–H and O–H groups in total. The minimum atomic E-state index is 0.452. The van der Waals surface area contributed by atoms with Crippen molar-refractivity contribution in [2.75, 3.05) is 0 Å². The van der Waals surface area contributed by atoms with Gasteiger partial charge in [-0.1, -0.05) is 32.0 Å². The molecule has 3 rings (SSSR count). The van der Waals surface area contributed by atoms with Crippen LogP contribution in [-0.4, -0.2) is 15.8 Å². The van der Waals surface area contributed by atoms with E-state index in [0.29, 0.717) is 12.6 Å². The molecule has 0 bridgehead atoms. The molecular weight excluding hydrogens is 262 g/mol. The lowest BCUT2D eigenvalue weighted by Crippen LogP contribution is -2.21. The van der Waals surface area contributed by atoms with E-state index in [1.165, 1.54) is 5.56 Å². The van der Waals surface area contributed by atoms with Crippen molar-refractivity contribution in [1.82, 2.24) is 15.1 Å². The number of hydrogen-bond donors (Lipinski definition) is 1. The monoisotopic (exact) mass is 283 g/mol. The van der Waals surface area contributed by atoms with Crippen molar-refractivity contribution in [2.24, 2.45) is 0 Å². The third-order valence-electron chi connectivity index (χ3n) is 3.60. The highest BCUT2D eigenvalue weighted by Gasteiger charge is 2.10. The third kappa shape index (κ3) is 3.00. The summed E-state index contributed by atoms with van der Waals surface area (Å²) in [7, 11) is 0. The Hall–Kier alpha value is -2.07. The third-order valence-corrected chi connectivity index (χ3v) is 3.60. The summed E-state index contributed by atoms with van der Waals surface area (Å²) in [6.45, 7) is 7.79. The molecule has 110 valence electrons. The minimum absolute atomic E-state index is 0.452. The summed E-state index contributed by atoms with van der Waals surface area (Å²) in [6, 6.07) is 10.8. The number of nitrogens with one attached hydrogen (secondary N) is 1. The van der Waals surface area contributed by atoms with E-state index in [4.69, 9.17) is 4.42 Å². The molecule has 21 heavy (non-hydrogen) atoms. The zero-order valence-corrected chi connectivity index (χ0v) is 12.8. The van der Waals surface area contributed by atoms with Gasteiger partial charge in [0.2, 0.25) is 0 Å². The van der Waals surface area contributed by atoms with Gasteiger partial charge in [-0.15, -0.1) is 0 Å². The van der Waals surface area contributed by atoms with Gasteiger partial charge in [0.05, 0.1) is 24.8 Å². The summed E-state index contributed by atoms with van der Waals surface area (Å²) in [5.74, 6) is 1.96. The van der Waals surface area contributed by atoms with E-state index in [0.717, 1.165) is 29.0 Å². The Kier molecular flexibility index (Phi) is 3.80. The number of furan rings is 1. The molecule has 0 saturated carbocycles. The van der Waals surface area contributed by atoms with Gasteiger partial charge in [-0.3, -0.25) is 4.68 Å². The quantitative estimate of drug-likeness (QED) is 0.779. The second kappa shape index (κ2) is 5.74. The Bertz CT molecular complexity index is 739. The van der Waals surface area contributed by atoms with Crippen LogP contribution in [0.25, 0.3) is 10.9 Å². The first-order chi connectivity index (χ1) is 10.1. The Morgan fingerprint density at radius 1 is 1.29 bits per heavy atom. The lowest BCUT2D eigenvalue weighted by atomic mass is 10.2. The van der Waals surface area contributed by atoms with Crippen LogP contribution in [0.3, 0.4) is 0 Å². The second-order valence-corrected chi connectivity index (χ2v) is 5.72. The van der Waals surface area contributed by atoms with Crippen molar-refractivity contribution < 1.29 is 4.42 Å². The van der Waals surface area contributed by atoms with Crippen LogP contribution >= 0.6 is 0 Å². The van der Waals surface area contributed by atoms with Gasteiger partial charge in [0.25, 0.3) is 0 Å². The molecule has 0 aliphatic carbocycles. The molecule has 0 aliphatic rings. The molecule has 4 heteroatoms. The lowest BCUT2D eigenvalue weighted by Gasteiger charge is -2.06. The average molecular weight is 283 g/mol. The Morgan fingerprint density at radius 2 is 2.10 bits per heavy atom. The fraction of sp³-hybridized carbons (Fsp3) is 0.353. The Morgan fingerprint density at radius 3 is 2.90 bits per heavy atom. The first kappa shape index (κ1) is 13.9. The molecule has 0 unspecified atom stereocenters. The van der Waals surface area contributed by atoms with Gasteiger partial charge in [-0.2, -0.15) is 5.10 Å². The molecule has 0 amide bonds. The van der Waals surface area contributed by atoms with Crippen LogP contribution in [0.1, 0.15) is 30.9 Å². The van der Waals surface area contributed by atoms with Crippen LogP contribution in [0.15, 0.2) is 40.9 Å². The summed E-state index contributed by atoms with van der Waals surface area (Å²) in [6.07, 6.45) is 1.90. The predicted octanol–water partition coefficient (Wildman–Crippen LogP) is 3.48. The Balaban J connectivity index is 1.80. The van der Waals surface area contributed by atoms with E-state index in [2.05, 4.69) is 49.4 Å². The van der Waals surface area contributed by atoms with Crippen molar-refractivity contribution in [3.63, 3.8) is 0 Å². The largest absolute Gasteiger partial charge is 0.462 e. The first-order valence-electron chi connectivity index (χ1n) is 7.35. The maximum Gasteiger partial charge on any atom is 0.126 e. The van der Waals surface area contributed by atoms with Gasteiger partial charge >= 0.3 is 0 Å². The molecule has 2 aromatic heterocycles. The van der Waals surface area contributed by atoms with Crippen molar-refractivity contribution in [1.29, 1.82) is 0 Å². The van der Waals surface area contributed by atoms with Crippen molar-refractivity contribution in [3.8, 4) is 0 Å². The highest BCUT2D eigenvalue weighted by atomic mass is 16.3. The number of nitrogens with zero attached hydrogens (tertiary/aromatic N) is 2. The van der Waals surface area contributed by atoms with Crippen LogP contribution in [0, 0.1) is 6.92 Å². The fourth-order valence-corrected chi connectivity index (χ4v) is 2.44. The lowest BCUT2D eigenvalue weighted by molar-refractivity contribution is 0.422. The highest BCUT2D eigenvalue weighted by Crippen LogP contribution is 2.18. The van der Waals surface area contributed by atoms with E-state index in [1.807, 2.05) is 23.0 Å². The molecule has 0 spiro atoms. The molecule has 0 atom stereocenters. The molecular formula is C17H21N3O. The van der Waals surface area contributed by atoms with Crippen molar-refractivity contribution in [3.05, 3.63) is 53.6 Å². The number of rotatable bonds is 5. The average Bonchev–Trinajstić information content (AvgIpc) is 3.01. The van der Waals surface area contributed by atoms with E-state index >= 15 is 0 Å². The van der Waals surface area contributed by atoms with Gasteiger partial charge in [0.15, 0.2) is 0 Å². The van der Waals surface area contributed by atoms with Crippen molar-refractivity contribution >= 4 is 10.9 Å². The normalized spacial score (nSPS) is 11.6. The van der Waals surface area contributed by atoms with Gasteiger partial charge in [0.1, 0.15) is 11.5 Å². The maximum atomic E-state index is 5.96. The molecule has 2 heterocycles. The minimum Gasteiger partial charge on any atom is -0.462 e. The predicted molar refractivity (Wildman–Crippen MR) is 84.3 cm³/mol. The van der Waals surface area contributed by atoms with Crippen LogP contribution in [0.4, 0.5) is 0 Å². The fourth-order valence-electron chi connectivity index (χ4n) is 2.44. The van der Waals surface area contributed by atoms with Crippen molar-refractivity contribution in [2.45, 2.75) is 39.9 Å². The number of aromatic nitrogens is 2. The number of benzene rings is 1. The number of aryl methyl sites for hydroxylation is 1. The van der Waals surface area contributed by atoms with Crippen LogP contribution in [0.2, 0.25) is 0 Å². The smallest absolute Gasteiger partial charge is 0.126 e. The molecule has 0 radical (unpaired) electrons. The van der Waals surface area contributed by atoms with E-state index in [-0.39, 0.29) is 0 Å². The zero-order chi connectivity index (χ0) is 14.8. The molecule has 4 nitrogen and oxygen atoms in total. The summed E-state index contributed by atoms with van der Waals surface area (Å²) in [4.78, 5) is 0. The zero-order valence-electron chi connectivity index (χ0n) is 12.8. The molecule has 1 aromatic carbocycles. The van der Waals surface area contributed by atoms with Gasteiger partial charge in [-0.05, 0) is 24.6 Å². The molecule has 0 saturated heterocycles. The second-order valence-electron chi connectivity index (χ2n) is 5.72. The number of hydrogen-bond acceptors (Lipinski definition) is 3. The standard InChI is InChI=1S/C17H21N3O/c1-12(2)18-10-17-13(3)8-15(21-17)11-20-16-7-5-4-6-14(16)9-19-20/h4-9,12,18H,10-11H2,1-3H3. The number of fused-ring (bicyclic) bond motifs is 1.